The van der Waals surface area contributed by atoms with Crippen LogP contribution in [-0.2, 0) is 14.8 Å². The van der Waals surface area contributed by atoms with Crippen LogP contribution in [0.1, 0.15) is 26.2 Å². The predicted molar refractivity (Wildman–Crippen MR) is 108 cm³/mol. The van der Waals surface area contributed by atoms with Crippen LogP contribution >= 0.6 is 12.4 Å². The molecule has 2 rings (SSSR count). The SMILES string of the molecule is CCCN(C(=O)CCNc1ccc(S(N)(=O)=O)cc1[N+](=O)[O-])C1CCNC1.Cl. The van der Waals surface area contributed by atoms with Gasteiger partial charge in [-0.3, -0.25) is 14.9 Å². The van der Waals surface area contributed by atoms with Gasteiger partial charge < -0.3 is 15.5 Å². The van der Waals surface area contributed by atoms with Crippen molar-refractivity contribution in [2.24, 2.45) is 5.14 Å². The van der Waals surface area contributed by atoms with Gasteiger partial charge in [0.15, 0.2) is 0 Å². The second-order valence-electron chi connectivity index (χ2n) is 6.39. The van der Waals surface area contributed by atoms with Gasteiger partial charge in [-0.05, 0) is 31.5 Å². The number of benzene rings is 1. The Labute approximate surface area is 170 Å². The molecule has 1 amide bonds. The number of nitrogens with zero attached hydrogens (tertiary/aromatic N) is 2. The molecule has 1 atom stereocenters. The number of nitrogens with two attached hydrogens (primary N) is 1. The summed E-state index contributed by atoms with van der Waals surface area (Å²) < 4.78 is 22.7. The van der Waals surface area contributed by atoms with Crippen molar-refractivity contribution in [1.82, 2.24) is 10.2 Å². The van der Waals surface area contributed by atoms with E-state index in [0.29, 0.717) is 6.54 Å². The summed E-state index contributed by atoms with van der Waals surface area (Å²) in [5.41, 5.74) is -0.260. The van der Waals surface area contributed by atoms with Gasteiger partial charge in [0, 0.05) is 38.2 Å². The number of halogens is 1. The fraction of sp³-hybridized carbons (Fsp3) is 0.562. The van der Waals surface area contributed by atoms with Crippen LogP contribution in [0.4, 0.5) is 11.4 Å². The molecule has 0 radical (unpaired) electrons. The van der Waals surface area contributed by atoms with E-state index in [-0.39, 0.29) is 47.9 Å². The zero-order valence-corrected chi connectivity index (χ0v) is 17.2. The first kappa shape index (κ1) is 24.1. The summed E-state index contributed by atoms with van der Waals surface area (Å²) in [7, 11) is -4.04. The first-order valence-corrected chi connectivity index (χ1v) is 10.3. The van der Waals surface area contributed by atoms with Crippen LogP contribution in [0, 0.1) is 10.1 Å². The number of nitro benzene ring substituents is 1. The number of rotatable bonds is 9. The van der Waals surface area contributed by atoms with Crippen molar-refractivity contribution in [3.8, 4) is 0 Å². The lowest BCUT2D eigenvalue weighted by molar-refractivity contribution is -0.384. The Balaban J connectivity index is 0.00000392. The van der Waals surface area contributed by atoms with Crippen LogP contribution in [0.15, 0.2) is 23.1 Å². The average molecular weight is 436 g/mol. The first-order chi connectivity index (χ1) is 12.7. The van der Waals surface area contributed by atoms with Crippen molar-refractivity contribution in [3.05, 3.63) is 28.3 Å². The zero-order chi connectivity index (χ0) is 20.0. The topological polar surface area (TPSA) is 148 Å². The second-order valence-corrected chi connectivity index (χ2v) is 7.95. The smallest absolute Gasteiger partial charge is 0.293 e. The molecule has 10 nitrogen and oxygen atoms in total. The van der Waals surface area contributed by atoms with Crippen molar-refractivity contribution < 1.29 is 18.1 Å². The van der Waals surface area contributed by atoms with E-state index in [1.807, 2.05) is 11.8 Å². The minimum absolute atomic E-state index is 0. The van der Waals surface area contributed by atoms with Crippen molar-refractivity contribution >= 4 is 39.7 Å². The zero-order valence-electron chi connectivity index (χ0n) is 15.6. The van der Waals surface area contributed by atoms with Crippen LogP contribution in [-0.4, -0.2) is 56.4 Å². The van der Waals surface area contributed by atoms with Gasteiger partial charge in [0.1, 0.15) is 5.69 Å². The minimum atomic E-state index is -4.04. The van der Waals surface area contributed by atoms with Gasteiger partial charge in [-0.1, -0.05) is 6.92 Å². The van der Waals surface area contributed by atoms with Gasteiger partial charge in [-0.2, -0.15) is 0 Å². The number of anilines is 1. The Hall–Kier alpha value is -1.95. The number of hydrogen-bond acceptors (Lipinski definition) is 7. The first-order valence-electron chi connectivity index (χ1n) is 8.79. The van der Waals surface area contributed by atoms with E-state index >= 15 is 0 Å². The molecule has 1 heterocycles. The molecule has 158 valence electrons. The summed E-state index contributed by atoms with van der Waals surface area (Å²) in [6, 6.07) is 3.57. The number of sulfonamides is 1. The standard InChI is InChI=1S/C16H25N5O5S.ClH/c1-2-9-20(12-5-7-18-11-12)16(22)6-8-19-14-4-3-13(27(17,25)26)10-15(14)21(23)24;/h3-4,10,12,18-19H,2,5-9,11H2,1H3,(H2,17,25,26);1H. The molecule has 0 aromatic heterocycles. The van der Waals surface area contributed by atoms with Gasteiger partial charge in [-0.25, -0.2) is 13.6 Å². The monoisotopic (exact) mass is 435 g/mol. The Bertz CT molecular complexity index is 799. The second kappa shape index (κ2) is 10.6. The maximum atomic E-state index is 12.5. The third-order valence-corrected chi connectivity index (χ3v) is 5.32. The predicted octanol–water partition coefficient (Wildman–Crippen LogP) is 1.07. The number of carbonyl (C=O) groups is 1. The maximum absolute atomic E-state index is 12.5. The molecule has 1 fully saturated rings. The molecular weight excluding hydrogens is 410 g/mol. The highest BCUT2D eigenvalue weighted by Gasteiger charge is 2.25. The lowest BCUT2D eigenvalue weighted by atomic mass is 10.2. The van der Waals surface area contributed by atoms with E-state index in [9.17, 15) is 23.3 Å². The van der Waals surface area contributed by atoms with Gasteiger partial charge in [0.25, 0.3) is 5.69 Å². The Kier molecular flexibility index (Phi) is 9.08. The van der Waals surface area contributed by atoms with E-state index in [1.54, 1.807) is 0 Å². The minimum Gasteiger partial charge on any atom is -0.379 e. The van der Waals surface area contributed by atoms with Crippen LogP contribution in [0.3, 0.4) is 0 Å². The van der Waals surface area contributed by atoms with E-state index in [0.717, 1.165) is 32.0 Å². The molecule has 12 heteroatoms. The molecule has 1 aliphatic heterocycles. The van der Waals surface area contributed by atoms with Crippen LogP contribution in [0.2, 0.25) is 0 Å². The maximum Gasteiger partial charge on any atom is 0.293 e. The summed E-state index contributed by atoms with van der Waals surface area (Å²) >= 11 is 0. The van der Waals surface area contributed by atoms with Crippen LogP contribution < -0.4 is 15.8 Å². The molecule has 1 aliphatic rings. The number of nitro groups is 1. The van der Waals surface area contributed by atoms with Crippen LogP contribution in [0.25, 0.3) is 0 Å². The van der Waals surface area contributed by atoms with Crippen molar-refractivity contribution in [2.75, 3.05) is 31.5 Å². The third-order valence-electron chi connectivity index (χ3n) is 4.41. The summed E-state index contributed by atoms with van der Waals surface area (Å²) in [4.78, 5) is 24.6. The van der Waals surface area contributed by atoms with Gasteiger partial charge in [0.2, 0.25) is 15.9 Å². The summed E-state index contributed by atoms with van der Waals surface area (Å²) in [5, 5.41) is 22.3. The van der Waals surface area contributed by atoms with Gasteiger partial charge in [-0.15, -0.1) is 12.4 Å². The molecular formula is C16H26ClN5O5S. The number of amides is 1. The highest BCUT2D eigenvalue weighted by molar-refractivity contribution is 7.89. The largest absolute Gasteiger partial charge is 0.379 e. The Morgan fingerprint density at radius 3 is 2.71 bits per heavy atom. The number of carbonyl (C=O) groups excluding carboxylic acids is 1. The number of hydrogen-bond donors (Lipinski definition) is 3. The molecule has 1 aromatic rings. The lowest BCUT2D eigenvalue weighted by Gasteiger charge is -2.28. The van der Waals surface area contributed by atoms with Crippen molar-refractivity contribution in [3.63, 3.8) is 0 Å². The Morgan fingerprint density at radius 1 is 1.46 bits per heavy atom. The molecule has 1 saturated heterocycles. The molecule has 0 aliphatic carbocycles. The van der Waals surface area contributed by atoms with Crippen molar-refractivity contribution in [1.29, 1.82) is 0 Å². The van der Waals surface area contributed by atoms with Crippen molar-refractivity contribution in [2.45, 2.75) is 37.1 Å². The van der Waals surface area contributed by atoms with Gasteiger partial charge in [0.05, 0.1) is 9.82 Å². The average Bonchev–Trinajstić information content (AvgIpc) is 3.12. The van der Waals surface area contributed by atoms with E-state index in [1.165, 1.54) is 12.1 Å². The fourth-order valence-electron chi connectivity index (χ4n) is 3.09. The fourth-order valence-corrected chi connectivity index (χ4v) is 3.63. The lowest BCUT2D eigenvalue weighted by Crippen LogP contribution is -2.42. The third kappa shape index (κ3) is 6.30. The number of nitrogens with one attached hydrogen (secondary N) is 2. The molecule has 1 unspecified atom stereocenters. The highest BCUT2D eigenvalue weighted by atomic mass is 35.5. The highest BCUT2D eigenvalue weighted by Crippen LogP contribution is 2.27. The normalized spacial score (nSPS) is 16.3. The molecule has 4 N–H and O–H groups in total. The summed E-state index contributed by atoms with van der Waals surface area (Å²) in [6.45, 7) is 4.55. The Morgan fingerprint density at radius 2 is 2.18 bits per heavy atom. The van der Waals surface area contributed by atoms with E-state index in [4.69, 9.17) is 5.14 Å². The molecule has 1 aromatic carbocycles. The molecule has 0 saturated carbocycles. The molecule has 28 heavy (non-hydrogen) atoms. The molecule has 0 spiro atoms. The van der Waals surface area contributed by atoms with E-state index < -0.39 is 20.6 Å². The number of primary sulfonamides is 1. The van der Waals surface area contributed by atoms with E-state index in [2.05, 4.69) is 10.6 Å². The quantitative estimate of drug-likeness (QED) is 0.388. The van der Waals surface area contributed by atoms with Gasteiger partial charge >= 0.3 is 0 Å². The summed E-state index contributed by atoms with van der Waals surface area (Å²) in [6.07, 6.45) is 1.96. The summed E-state index contributed by atoms with van der Waals surface area (Å²) in [5.74, 6) is -0.0122. The molecule has 0 bridgehead atoms. The van der Waals surface area contributed by atoms with Crippen LogP contribution in [0.5, 0.6) is 0 Å².